The molecule has 2 aromatic heterocycles. The van der Waals surface area contributed by atoms with Crippen molar-refractivity contribution in [1.29, 1.82) is 0 Å². The van der Waals surface area contributed by atoms with Crippen LogP contribution in [0.1, 0.15) is 0 Å². The molecule has 0 aliphatic rings. The minimum absolute atomic E-state index is 0. The summed E-state index contributed by atoms with van der Waals surface area (Å²) in [6, 6.07) is 3.67. The Bertz CT molecular complexity index is 157. The molecule has 6 heteroatoms. The summed E-state index contributed by atoms with van der Waals surface area (Å²) in [4.78, 5) is 0. The van der Waals surface area contributed by atoms with Gasteiger partial charge in [0.25, 0.3) is 0 Å². The van der Waals surface area contributed by atoms with E-state index in [0.29, 0.717) is 0 Å². The number of aromatic amines is 2. The number of rotatable bonds is 0. The molecule has 2 aromatic rings. The lowest BCUT2D eigenvalue weighted by molar-refractivity contribution is 0.823. The average Bonchev–Trinajstić information content (AvgIpc) is 2.67. The van der Waals surface area contributed by atoms with Crippen molar-refractivity contribution in [2.24, 2.45) is 0 Å². The highest BCUT2D eigenvalue weighted by Gasteiger charge is 1.57. The average molecular weight is 172 g/mol. The molecule has 6 N–H and O–H groups in total. The first-order valence-electron chi connectivity index (χ1n) is 2.87. The third kappa shape index (κ3) is 6.46. The van der Waals surface area contributed by atoms with Crippen molar-refractivity contribution in [3.05, 3.63) is 36.9 Å². The van der Waals surface area contributed by atoms with Gasteiger partial charge in [0.05, 0.1) is 0 Å². The number of nitrogens with one attached hydrogen (secondary N) is 2. The molecule has 12 heavy (non-hydrogen) atoms. The second-order valence-electron chi connectivity index (χ2n) is 1.53. The van der Waals surface area contributed by atoms with E-state index in [1.807, 2.05) is 12.1 Å². The molecular formula is C6H12N4O2. The maximum absolute atomic E-state index is 3.60. The van der Waals surface area contributed by atoms with E-state index < -0.39 is 0 Å². The van der Waals surface area contributed by atoms with Crippen LogP contribution < -0.4 is 0 Å². The molecule has 0 aliphatic carbocycles. The predicted molar refractivity (Wildman–Crippen MR) is 44.4 cm³/mol. The Morgan fingerprint density at radius 2 is 1.17 bits per heavy atom. The van der Waals surface area contributed by atoms with Gasteiger partial charge < -0.3 is 11.0 Å². The van der Waals surface area contributed by atoms with Crippen LogP contribution in [0.4, 0.5) is 0 Å². The van der Waals surface area contributed by atoms with Crippen molar-refractivity contribution in [3.8, 4) is 0 Å². The molecule has 2 heterocycles. The Hall–Kier alpha value is -1.66. The highest BCUT2D eigenvalue weighted by atomic mass is 16.0. The number of hydrogen-bond donors (Lipinski definition) is 2. The summed E-state index contributed by atoms with van der Waals surface area (Å²) < 4.78 is 0. The lowest BCUT2D eigenvalue weighted by Crippen LogP contribution is -1.53. The van der Waals surface area contributed by atoms with Crippen LogP contribution in [0.5, 0.6) is 0 Å². The van der Waals surface area contributed by atoms with E-state index in [2.05, 4.69) is 20.4 Å². The van der Waals surface area contributed by atoms with Gasteiger partial charge in [0.15, 0.2) is 0 Å². The molecule has 0 amide bonds. The highest BCUT2D eigenvalue weighted by molar-refractivity contribution is 4.72. The van der Waals surface area contributed by atoms with Crippen molar-refractivity contribution in [3.63, 3.8) is 0 Å². The van der Waals surface area contributed by atoms with E-state index in [4.69, 9.17) is 0 Å². The van der Waals surface area contributed by atoms with Crippen LogP contribution in [0, 0.1) is 0 Å². The zero-order chi connectivity index (χ0) is 7.07. The number of hydrogen-bond acceptors (Lipinski definition) is 2. The monoisotopic (exact) mass is 172 g/mol. The van der Waals surface area contributed by atoms with Crippen LogP contribution in [0.3, 0.4) is 0 Å². The van der Waals surface area contributed by atoms with Gasteiger partial charge in [-0.2, -0.15) is 10.2 Å². The molecule has 0 saturated heterocycles. The first-order chi connectivity index (χ1) is 5.00. The van der Waals surface area contributed by atoms with Crippen LogP contribution in [0.2, 0.25) is 0 Å². The molecule has 68 valence electrons. The largest absolute Gasteiger partial charge is 0.412 e. The number of H-pyrrole nitrogens is 2. The third-order valence-electron chi connectivity index (χ3n) is 0.812. The molecule has 0 aliphatic heterocycles. The number of aromatic nitrogens is 4. The van der Waals surface area contributed by atoms with Gasteiger partial charge in [-0.1, -0.05) is 0 Å². The second-order valence-corrected chi connectivity index (χ2v) is 1.53. The second kappa shape index (κ2) is 9.34. The summed E-state index contributed by atoms with van der Waals surface area (Å²) in [5, 5.41) is 12.4. The Labute approximate surface area is 69.3 Å². The molecular weight excluding hydrogens is 160 g/mol. The zero-order valence-electron chi connectivity index (χ0n) is 6.36. The van der Waals surface area contributed by atoms with Gasteiger partial charge in [-0.3, -0.25) is 10.2 Å². The fourth-order valence-corrected chi connectivity index (χ4v) is 0.430. The first-order valence-corrected chi connectivity index (χ1v) is 2.87. The predicted octanol–water partition coefficient (Wildman–Crippen LogP) is -0.830. The molecule has 0 spiro atoms. The normalized spacial score (nSPS) is 6.67. The van der Waals surface area contributed by atoms with E-state index >= 15 is 0 Å². The standard InChI is InChI=1S/2C3H4N2.2H2O/c2*1-2-4-5-3-1;;/h2*1-3H,(H,4,5);2*1H2. The maximum atomic E-state index is 3.60. The molecule has 0 aromatic carbocycles. The molecule has 0 saturated carbocycles. The van der Waals surface area contributed by atoms with Crippen LogP contribution in [0.25, 0.3) is 0 Å². The van der Waals surface area contributed by atoms with Crippen molar-refractivity contribution < 1.29 is 11.0 Å². The summed E-state index contributed by atoms with van der Waals surface area (Å²) in [5.41, 5.74) is 0. The van der Waals surface area contributed by atoms with Crippen LogP contribution in [0.15, 0.2) is 36.9 Å². The fraction of sp³-hybridized carbons (Fsp3) is 0. The Morgan fingerprint density at radius 1 is 0.750 bits per heavy atom. The van der Waals surface area contributed by atoms with E-state index in [9.17, 15) is 0 Å². The van der Waals surface area contributed by atoms with Crippen LogP contribution >= 0.6 is 0 Å². The fourth-order valence-electron chi connectivity index (χ4n) is 0.430. The van der Waals surface area contributed by atoms with Crippen molar-refractivity contribution in [1.82, 2.24) is 20.4 Å². The Kier molecular flexibility index (Phi) is 10.1. The highest BCUT2D eigenvalue weighted by Crippen LogP contribution is 1.65. The summed E-state index contributed by atoms with van der Waals surface area (Å²) in [6.07, 6.45) is 6.92. The maximum Gasteiger partial charge on any atom is 0.0487 e. The molecule has 6 nitrogen and oxygen atoms in total. The summed E-state index contributed by atoms with van der Waals surface area (Å²) >= 11 is 0. The van der Waals surface area contributed by atoms with Gasteiger partial charge in [-0.15, -0.1) is 0 Å². The molecule has 0 atom stereocenters. The van der Waals surface area contributed by atoms with Gasteiger partial charge in [0.1, 0.15) is 0 Å². The van der Waals surface area contributed by atoms with Crippen molar-refractivity contribution in [2.45, 2.75) is 0 Å². The van der Waals surface area contributed by atoms with E-state index in [1.165, 1.54) is 0 Å². The lowest BCUT2D eigenvalue weighted by atomic mass is 10.8. The van der Waals surface area contributed by atoms with Gasteiger partial charge in [0, 0.05) is 24.8 Å². The summed E-state index contributed by atoms with van der Waals surface area (Å²) in [5.74, 6) is 0. The van der Waals surface area contributed by atoms with E-state index in [0.717, 1.165) is 0 Å². The van der Waals surface area contributed by atoms with Gasteiger partial charge in [-0.25, -0.2) is 0 Å². The summed E-state index contributed by atoms with van der Waals surface area (Å²) in [7, 11) is 0. The van der Waals surface area contributed by atoms with Crippen LogP contribution in [-0.4, -0.2) is 31.3 Å². The first kappa shape index (κ1) is 13.0. The summed E-state index contributed by atoms with van der Waals surface area (Å²) in [6.45, 7) is 0. The van der Waals surface area contributed by atoms with E-state index in [1.54, 1.807) is 24.8 Å². The quantitative estimate of drug-likeness (QED) is 0.539. The molecule has 0 unspecified atom stereocenters. The third-order valence-corrected chi connectivity index (χ3v) is 0.812. The van der Waals surface area contributed by atoms with Crippen LogP contribution in [-0.2, 0) is 0 Å². The zero-order valence-corrected chi connectivity index (χ0v) is 6.36. The van der Waals surface area contributed by atoms with Gasteiger partial charge in [0.2, 0.25) is 0 Å². The lowest BCUT2D eigenvalue weighted by Gasteiger charge is -1.49. The van der Waals surface area contributed by atoms with Gasteiger partial charge in [-0.05, 0) is 12.1 Å². The van der Waals surface area contributed by atoms with E-state index in [-0.39, 0.29) is 11.0 Å². The Balaban J connectivity index is 0. The molecule has 0 bridgehead atoms. The molecule has 0 fully saturated rings. The minimum atomic E-state index is 0. The Morgan fingerprint density at radius 3 is 1.25 bits per heavy atom. The topological polar surface area (TPSA) is 120 Å². The van der Waals surface area contributed by atoms with Crippen molar-refractivity contribution >= 4 is 0 Å². The number of nitrogens with zero attached hydrogens (tertiary/aromatic N) is 2. The molecule has 2 rings (SSSR count). The minimum Gasteiger partial charge on any atom is -0.412 e. The van der Waals surface area contributed by atoms with Gasteiger partial charge >= 0.3 is 0 Å². The molecule has 0 radical (unpaired) electrons. The SMILES string of the molecule is O.O.c1cn[nH]c1.c1cn[nH]c1. The van der Waals surface area contributed by atoms with Crippen molar-refractivity contribution in [2.75, 3.05) is 0 Å². The smallest absolute Gasteiger partial charge is 0.0487 e.